The number of amides is 3. The van der Waals surface area contributed by atoms with Crippen LogP contribution >= 0.6 is 0 Å². The Hall–Kier alpha value is -2.98. The standard InChI is InChI=1S/C21H32N4O6/c1-4-12(2)17(24-16(27)11-22)19(28)25-18(13(3)26)20(29)23-15(21(30)31)10-14-8-6-5-7-9-14/h5-9,12-13,15,17-18,26H,4,10-11,22H2,1-3H3,(H,23,29)(H,24,27)(H,25,28)(H,30,31). The molecule has 0 spiro atoms. The third-order valence-electron chi connectivity index (χ3n) is 4.96. The Labute approximate surface area is 181 Å². The number of nitrogens with two attached hydrogens (primary N) is 1. The van der Waals surface area contributed by atoms with Crippen molar-refractivity contribution >= 4 is 23.7 Å². The van der Waals surface area contributed by atoms with Gasteiger partial charge in [0.2, 0.25) is 17.7 Å². The van der Waals surface area contributed by atoms with E-state index in [2.05, 4.69) is 16.0 Å². The van der Waals surface area contributed by atoms with Crippen molar-refractivity contribution < 1.29 is 29.4 Å². The van der Waals surface area contributed by atoms with Crippen LogP contribution in [0.5, 0.6) is 0 Å². The van der Waals surface area contributed by atoms with Crippen LogP contribution in [-0.4, -0.2) is 64.7 Å². The zero-order chi connectivity index (χ0) is 23.6. The number of aliphatic carboxylic acids is 1. The first kappa shape index (κ1) is 26.1. The van der Waals surface area contributed by atoms with Gasteiger partial charge < -0.3 is 31.9 Å². The minimum atomic E-state index is -1.41. The molecule has 1 aromatic rings. The van der Waals surface area contributed by atoms with E-state index in [1.54, 1.807) is 37.3 Å². The van der Waals surface area contributed by atoms with E-state index in [0.29, 0.717) is 12.0 Å². The quantitative estimate of drug-likeness (QED) is 0.248. The highest BCUT2D eigenvalue weighted by Crippen LogP contribution is 2.09. The largest absolute Gasteiger partial charge is 0.480 e. The normalized spacial score (nSPS) is 15.6. The van der Waals surface area contributed by atoms with Crippen LogP contribution in [0.15, 0.2) is 30.3 Å². The SMILES string of the molecule is CCC(C)C(NC(=O)CN)C(=O)NC(C(=O)NC(Cc1ccccc1)C(=O)O)C(C)O. The molecule has 0 aliphatic heterocycles. The van der Waals surface area contributed by atoms with Gasteiger partial charge in [0.25, 0.3) is 0 Å². The minimum Gasteiger partial charge on any atom is -0.480 e. The molecule has 10 heteroatoms. The molecule has 0 aromatic heterocycles. The first-order chi connectivity index (χ1) is 14.6. The Balaban J connectivity index is 2.94. The van der Waals surface area contributed by atoms with Crippen molar-refractivity contribution in [3.63, 3.8) is 0 Å². The summed E-state index contributed by atoms with van der Waals surface area (Å²) in [7, 11) is 0. The maximum atomic E-state index is 12.8. The van der Waals surface area contributed by atoms with Gasteiger partial charge in [-0.25, -0.2) is 4.79 Å². The maximum absolute atomic E-state index is 12.8. The van der Waals surface area contributed by atoms with Crippen molar-refractivity contribution in [2.24, 2.45) is 11.7 Å². The number of carbonyl (C=O) groups is 4. The first-order valence-corrected chi connectivity index (χ1v) is 10.2. The summed E-state index contributed by atoms with van der Waals surface area (Å²) in [4.78, 5) is 48.8. The van der Waals surface area contributed by atoms with Crippen LogP contribution in [0.25, 0.3) is 0 Å². The Kier molecular flexibility index (Phi) is 10.6. The van der Waals surface area contributed by atoms with Gasteiger partial charge in [0.1, 0.15) is 18.1 Å². The van der Waals surface area contributed by atoms with Crippen LogP contribution in [-0.2, 0) is 25.6 Å². The average Bonchev–Trinajstić information content (AvgIpc) is 2.74. The van der Waals surface area contributed by atoms with E-state index in [0.717, 1.165) is 0 Å². The third kappa shape index (κ3) is 8.35. The van der Waals surface area contributed by atoms with Crippen LogP contribution in [0.1, 0.15) is 32.8 Å². The van der Waals surface area contributed by atoms with E-state index >= 15 is 0 Å². The Morgan fingerprint density at radius 2 is 1.55 bits per heavy atom. The lowest BCUT2D eigenvalue weighted by molar-refractivity contribution is -0.143. The van der Waals surface area contributed by atoms with E-state index in [4.69, 9.17) is 5.73 Å². The second-order valence-electron chi connectivity index (χ2n) is 7.45. The number of hydrogen-bond donors (Lipinski definition) is 6. The summed E-state index contributed by atoms with van der Waals surface area (Å²) >= 11 is 0. The summed E-state index contributed by atoms with van der Waals surface area (Å²) in [6.07, 6.45) is -0.713. The summed E-state index contributed by atoms with van der Waals surface area (Å²) < 4.78 is 0. The number of aliphatic hydroxyl groups excluding tert-OH is 1. The molecule has 7 N–H and O–H groups in total. The predicted octanol–water partition coefficient (Wildman–Crippen LogP) is -0.846. The topological polar surface area (TPSA) is 171 Å². The second kappa shape index (κ2) is 12.7. The van der Waals surface area contributed by atoms with Crippen molar-refractivity contribution in [1.29, 1.82) is 0 Å². The molecule has 0 radical (unpaired) electrons. The lowest BCUT2D eigenvalue weighted by Crippen LogP contribution is -2.60. The van der Waals surface area contributed by atoms with E-state index in [-0.39, 0.29) is 18.9 Å². The minimum absolute atomic E-state index is 0.0322. The fourth-order valence-electron chi connectivity index (χ4n) is 2.89. The van der Waals surface area contributed by atoms with E-state index in [1.807, 2.05) is 6.92 Å². The van der Waals surface area contributed by atoms with Gasteiger partial charge in [-0.1, -0.05) is 50.6 Å². The summed E-state index contributed by atoms with van der Waals surface area (Å²) in [5.41, 5.74) is 6.01. The molecule has 172 valence electrons. The molecule has 0 saturated heterocycles. The first-order valence-electron chi connectivity index (χ1n) is 10.2. The lowest BCUT2D eigenvalue weighted by Gasteiger charge is -2.28. The molecule has 10 nitrogen and oxygen atoms in total. The zero-order valence-electron chi connectivity index (χ0n) is 18.0. The molecular formula is C21H32N4O6. The number of rotatable bonds is 12. The van der Waals surface area contributed by atoms with Crippen LogP contribution in [0.3, 0.4) is 0 Å². The van der Waals surface area contributed by atoms with Gasteiger partial charge >= 0.3 is 5.97 Å². The molecule has 0 aliphatic carbocycles. The van der Waals surface area contributed by atoms with Crippen LogP contribution < -0.4 is 21.7 Å². The van der Waals surface area contributed by atoms with Crippen molar-refractivity contribution in [3.05, 3.63) is 35.9 Å². The number of carboxylic acids is 1. The van der Waals surface area contributed by atoms with Gasteiger partial charge in [0.15, 0.2) is 0 Å². The number of carbonyl (C=O) groups excluding carboxylic acids is 3. The molecule has 0 heterocycles. The smallest absolute Gasteiger partial charge is 0.326 e. The van der Waals surface area contributed by atoms with Crippen molar-refractivity contribution in [2.45, 2.75) is 57.8 Å². The fourth-order valence-corrected chi connectivity index (χ4v) is 2.89. The predicted molar refractivity (Wildman–Crippen MR) is 114 cm³/mol. The van der Waals surface area contributed by atoms with Gasteiger partial charge in [0.05, 0.1) is 12.6 Å². The van der Waals surface area contributed by atoms with E-state index < -0.39 is 47.9 Å². The van der Waals surface area contributed by atoms with E-state index in [1.165, 1.54) is 6.92 Å². The molecule has 0 bridgehead atoms. The van der Waals surface area contributed by atoms with Crippen molar-refractivity contribution in [3.8, 4) is 0 Å². The Morgan fingerprint density at radius 3 is 2.03 bits per heavy atom. The molecule has 0 fully saturated rings. The lowest BCUT2D eigenvalue weighted by atomic mass is 9.97. The summed E-state index contributed by atoms with van der Waals surface area (Å²) in [5, 5.41) is 26.8. The van der Waals surface area contributed by atoms with Crippen LogP contribution in [0, 0.1) is 5.92 Å². The molecule has 0 aliphatic rings. The van der Waals surface area contributed by atoms with Crippen molar-refractivity contribution in [1.82, 2.24) is 16.0 Å². The molecule has 1 aromatic carbocycles. The zero-order valence-corrected chi connectivity index (χ0v) is 18.0. The summed E-state index contributed by atoms with van der Waals surface area (Å²) in [5.74, 6) is -3.57. The van der Waals surface area contributed by atoms with Gasteiger partial charge in [0, 0.05) is 6.42 Å². The average molecular weight is 437 g/mol. The van der Waals surface area contributed by atoms with Gasteiger partial charge in [-0.15, -0.1) is 0 Å². The molecule has 5 unspecified atom stereocenters. The number of hydrogen-bond acceptors (Lipinski definition) is 6. The molecule has 0 saturated carbocycles. The van der Waals surface area contributed by atoms with Gasteiger partial charge in [-0.05, 0) is 18.4 Å². The monoisotopic (exact) mass is 436 g/mol. The third-order valence-corrected chi connectivity index (χ3v) is 4.96. The Bertz CT molecular complexity index is 755. The Morgan fingerprint density at radius 1 is 0.968 bits per heavy atom. The summed E-state index contributed by atoms with van der Waals surface area (Å²) in [6.45, 7) is 4.58. The number of carboxylic acid groups (broad SMARTS) is 1. The molecular weight excluding hydrogens is 404 g/mol. The number of benzene rings is 1. The highest BCUT2D eigenvalue weighted by Gasteiger charge is 2.33. The maximum Gasteiger partial charge on any atom is 0.326 e. The molecule has 1 rings (SSSR count). The number of nitrogens with one attached hydrogen (secondary N) is 3. The number of aliphatic hydroxyl groups is 1. The highest BCUT2D eigenvalue weighted by molar-refractivity contribution is 5.94. The second-order valence-corrected chi connectivity index (χ2v) is 7.45. The molecule has 3 amide bonds. The van der Waals surface area contributed by atoms with E-state index in [9.17, 15) is 29.4 Å². The van der Waals surface area contributed by atoms with Crippen molar-refractivity contribution in [2.75, 3.05) is 6.54 Å². The van der Waals surface area contributed by atoms with Crippen LogP contribution in [0.2, 0.25) is 0 Å². The highest BCUT2D eigenvalue weighted by atomic mass is 16.4. The van der Waals surface area contributed by atoms with Crippen LogP contribution in [0.4, 0.5) is 0 Å². The van der Waals surface area contributed by atoms with Gasteiger partial charge in [-0.2, -0.15) is 0 Å². The molecule has 5 atom stereocenters. The fraction of sp³-hybridized carbons (Fsp3) is 0.524. The summed E-state index contributed by atoms with van der Waals surface area (Å²) in [6, 6.07) is 5.11. The molecule has 31 heavy (non-hydrogen) atoms. The van der Waals surface area contributed by atoms with Gasteiger partial charge in [-0.3, -0.25) is 14.4 Å².